The molecule has 1 aliphatic rings. The summed E-state index contributed by atoms with van der Waals surface area (Å²) in [6.07, 6.45) is 1.99. The summed E-state index contributed by atoms with van der Waals surface area (Å²) in [4.78, 5) is 10.4. The summed E-state index contributed by atoms with van der Waals surface area (Å²) >= 11 is 0. The van der Waals surface area contributed by atoms with E-state index in [-0.39, 0.29) is 5.69 Å². The van der Waals surface area contributed by atoms with E-state index in [0.717, 1.165) is 12.8 Å². The summed E-state index contributed by atoms with van der Waals surface area (Å²) in [6, 6.07) is 1.41. The fourth-order valence-corrected chi connectivity index (χ4v) is 3.06. The van der Waals surface area contributed by atoms with Crippen LogP contribution in [-0.4, -0.2) is 26.6 Å². The van der Waals surface area contributed by atoms with E-state index in [0.29, 0.717) is 24.6 Å². The summed E-state index contributed by atoms with van der Waals surface area (Å²) < 4.78 is 50.8. The third kappa shape index (κ3) is 3.44. The molecule has 0 spiro atoms. The lowest BCUT2D eigenvalue weighted by molar-refractivity contribution is -0.118. The highest BCUT2D eigenvalue weighted by atomic mass is 32.2. The van der Waals surface area contributed by atoms with E-state index in [1.807, 2.05) is 0 Å². The lowest BCUT2D eigenvalue weighted by atomic mass is 10.3. The van der Waals surface area contributed by atoms with Crippen molar-refractivity contribution in [2.24, 2.45) is 5.92 Å². The molecule has 0 atom stereocenters. The molecule has 1 amide bonds. The first-order valence-electron chi connectivity index (χ1n) is 6.03. The van der Waals surface area contributed by atoms with E-state index < -0.39 is 38.0 Å². The van der Waals surface area contributed by atoms with Crippen molar-refractivity contribution in [3.05, 3.63) is 23.8 Å². The monoisotopic (exact) mass is 304 g/mol. The fourth-order valence-electron chi connectivity index (χ4n) is 1.75. The number of anilines is 1. The number of sulfone groups is 1. The zero-order chi connectivity index (χ0) is 14.9. The quantitative estimate of drug-likeness (QED) is 0.789. The number of nitrogens with one attached hydrogen (secondary N) is 1. The van der Waals surface area contributed by atoms with Crippen molar-refractivity contribution in [2.75, 3.05) is 18.0 Å². The third-order valence-electron chi connectivity index (χ3n) is 2.94. The number of amides is 1. The van der Waals surface area contributed by atoms with Crippen LogP contribution >= 0.6 is 0 Å². The van der Waals surface area contributed by atoms with Crippen LogP contribution in [0, 0.1) is 17.6 Å². The number of carbonyl (C=O) groups excluding carboxylic acids is 1. The molecule has 1 saturated carbocycles. The Morgan fingerprint density at radius 1 is 1.30 bits per heavy atom. The van der Waals surface area contributed by atoms with E-state index in [1.165, 1.54) is 0 Å². The van der Waals surface area contributed by atoms with Gasteiger partial charge in [-0.25, -0.2) is 17.2 Å². The Labute approximate surface area is 115 Å². The Bertz CT molecular complexity index is 619. The second kappa shape index (κ2) is 5.35. The van der Waals surface area contributed by atoms with Gasteiger partial charge in [-0.3, -0.25) is 4.79 Å². The minimum atomic E-state index is -4.38. The van der Waals surface area contributed by atoms with Crippen LogP contribution in [0.5, 0.6) is 0 Å². The highest BCUT2D eigenvalue weighted by Crippen LogP contribution is 2.27. The highest BCUT2D eigenvalue weighted by molar-refractivity contribution is 7.92. The molecule has 0 radical (unpaired) electrons. The summed E-state index contributed by atoms with van der Waals surface area (Å²) in [7, 11) is -4.38. The Balaban J connectivity index is 2.15. The van der Waals surface area contributed by atoms with Gasteiger partial charge in [0.1, 0.15) is 22.3 Å². The van der Waals surface area contributed by atoms with Gasteiger partial charge in [-0.15, -0.1) is 0 Å². The molecule has 110 valence electrons. The van der Waals surface area contributed by atoms with Crippen molar-refractivity contribution in [2.45, 2.75) is 17.7 Å². The largest absolute Gasteiger partial charge is 0.399 e. The van der Waals surface area contributed by atoms with Crippen LogP contribution in [0.15, 0.2) is 17.0 Å². The number of halogens is 2. The van der Waals surface area contributed by atoms with Gasteiger partial charge in [0.25, 0.3) is 0 Å². The fraction of sp³-hybridized carbons (Fsp3) is 0.417. The standard InChI is InChI=1S/C12H14F2N2O3S/c13-9-3-8(15)4-10(14)12(9)20(18,19)6-11(17)16-5-7-1-2-7/h3-4,7H,1-2,5-6,15H2,(H,16,17). The number of hydrogen-bond acceptors (Lipinski definition) is 4. The number of nitrogen functional groups attached to an aromatic ring is 1. The predicted molar refractivity (Wildman–Crippen MR) is 68.6 cm³/mol. The van der Waals surface area contributed by atoms with Crippen molar-refractivity contribution in [1.82, 2.24) is 5.32 Å². The molecule has 0 aliphatic heterocycles. The normalized spacial score (nSPS) is 15.1. The van der Waals surface area contributed by atoms with E-state index in [1.54, 1.807) is 0 Å². The van der Waals surface area contributed by atoms with Gasteiger partial charge < -0.3 is 11.1 Å². The van der Waals surface area contributed by atoms with Gasteiger partial charge in [-0.05, 0) is 30.9 Å². The van der Waals surface area contributed by atoms with Crippen LogP contribution in [0.4, 0.5) is 14.5 Å². The molecular formula is C12H14F2N2O3S. The molecule has 0 aromatic heterocycles. The Hall–Kier alpha value is -1.70. The SMILES string of the molecule is Nc1cc(F)c(S(=O)(=O)CC(=O)NCC2CC2)c(F)c1. The van der Waals surface area contributed by atoms with E-state index >= 15 is 0 Å². The van der Waals surface area contributed by atoms with Crippen LogP contribution in [0.2, 0.25) is 0 Å². The third-order valence-corrected chi connectivity index (χ3v) is 4.59. The van der Waals surface area contributed by atoms with Gasteiger partial charge in [0, 0.05) is 12.2 Å². The molecular weight excluding hydrogens is 290 g/mol. The molecule has 1 fully saturated rings. The average molecular weight is 304 g/mol. The average Bonchev–Trinajstić information content (AvgIpc) is 3.06. The minimum Gasteiger partial charge on any atom is -0.399 e. The zero-order valence-corrected chi connectivity index (χ0v) is 11.3. The van der Waals surface area contributed by atoms with Crippen molar-refractivity contribution in [1.29, 1.82) is 0 Å². The van der Waals surface area contributed by atoms with E-state index in [9.17, 15) is 22.0 Å². The van der Waals surface area contributed by atoms with Crippen LogP contribution < -0.4 is 11.1 Å². The molecule has 1 aromatic carbocycles. The molecule has 3 N–H and O–H groups in total. The molecule has 0 heterocycles. The number of rotatable bonds is 5. The summed E-state index contributed by atoms with van der Waals surface area (Å²) in [5.74, 6) is -3.97. The first-order valence-corrected chi connectivity index (χ1v) is 7.69. The minimum absolute atomic E-state index is 0.225. The van der Waals surface area contributed by atoms with Crippen LogP contribution in [-0.2, 0) is 14.6 Å². The van der Waals surface area contributed by atoms with Crippen LogP contribution in [0.25, 0.3) is 0 Å². The Morgan fingerprint density at radius 3 is 2.35 bits per heavy atom. The van der Waals surface area contributed by atoms with Gasteiger partial charge in [-0.2, -0.15) is 0 Å². The first kappa shape index (κ1) is 14.7. The molecule has 1 aliphatic carbocycles. The summed E-state index contributed by atoms with van der Waals surface area (Å²) in [6.45, 7) is 0.390. The molecule has 0 saturated heterocycles. The molecule has 8 heteroatoms. The lowest BCUT2D eigenvalue weighted by Gasteiger charge is -2.08. The van der Waals surface area contributed by atoms with Crippen LogP contribution in [0.1, 0.15) is 12.8 Å². The zero-order valence-electron chi connectivity index (χ0n) is 10.5. The summed E-state index contributed by atoms with van der Waals surface area (Å²) in [5.41, 5.74) is 4.98. The maximum atomic E-state index is 13.6. The van der Waals surface area contributed by atoms with Gasteiger partial charge in [-0.1, -0.05) is 0 Å². The molecule has 20 heavy (non-hydrogen) atoms. The summed E-state index contributed by atoms with van der Waals surface area (Å²) in [5, 5.41) is 2.43. The number of nitrogens with two attached hydrogens (primary N) is 1. The Kier molecular flexibility index (Phi) is 3.94. The van der Waals surface area contributed by atoms with Gasteiger partial charge >= 0.3 is 0 Å². The topological polar surface area (TPSA) is 89.3 Å². The van der Waals surface area contributed by atoms with Crippen molar-refractivity contribution >= 4 is 21.4 Å². The molecule has 2 rings (SSSR count). The highest BCUT2D eigenvalue weighted by Gasteiger charge is 2.28. The molecule has 5 nitrogen and oxygen atoms in total. The number of benzene rings is 1. The first-order chi connectivity index (χ1) is 9.29. The second-order valence-electron chi connectivity index (χ2n) is 4.82. The van der Waals surface area contributed by atoms with Gasteiger partial charge in [0.05, 0.1) is 0 Å². The second-order valence-corrected chi connectivity index (χ2v) is 6.75. The van der Waals surface area contributed by atoms with Gasteiger partial charge in [0.2, 0.25) is 5.91 Å². The Morgan fingerprint density at radius 2 is 1.85 bits per heavy atom. The predicted octanol–water partition coefficient (Wildman–Crippen LogP) is 0.847. The molecule has 0 bridgehead atoms. The van der Waals surface area contributed by atoms with Crippen molar-refractivity contribution in [3.63, 3.8) is 0 Å². The lowest BCUT2D eigenvalue weighted by Crippen LogP contribution is -2.32. The van der Waals surface area contributed by atoms with E-state index in [4.69, 9.17) is 5.73 Å². The van der Waals surface area contributed by atoms with E-state index in [2.05, 4.69) is 5.32 Å². The smallest absolute Gasteiger partial charge is 0.235 e. The number of hydrogen-bond donors (Lipinski definition) is 2. The van der Waals surface area contributed by atoms with Crippen molar-refractivity contribution < 1.29 is 22.0 Å². The van der Waals surface area contributed by atoms with Crippen LogP contribution in [0.3, 0.4) is 0 Å². The van der Waals surface area contributed by atoms with Crippen molar-refractivity contribution in [3.8, 4) is 0 Å². The molecule has 0 unspecified atom stereocenters. The maximum absolute atomic E-state index is 13.6. The van der Waals surface area contributed by atoms with Gasteiger partial charge in [0.15, 0.2) is 9.84 Å². The number of carbonyl (C=O) groups is 1. The molecule has 1 aromatic rings. The maximum Gasteiger partial charge on any atom is 0.235 e.